The Balaban J connectivity index is 2.31. The molecule has 4 nitrogen and oxygen atoms in total. The van der Waals surface area contributed by atoms with Crippen LogP contribution in [0.2, 0.25) is 0 Å². The van der Waals surface area contributed by atoms with E-state index in [0.29, 0.717) is 19.0 Å². The number of ether oxygens (including phenoxy) is 1. The van der Waals surface area contributed by atoms with Crippen LogP contribution >= 0.6 is 0 Å². The van der Waals surface area contributed by atoms with E-state index in [1.54, 1.807) is 4.90 Å². The highest BCUT2D eigenvalue weighted by atomic mass is 16.6. The largest absolute Gasteiger partial charge is 0.443 e. The molecule has 1 aliphatic heterocycles. The van der Waals surface area contributed by atoms with Crippen LogP contribution in [0, 0.1) is 0 Å². The maximum atomic E-state index is 12.4. The number of carbonyl (C=O) groups is 1. The van der Waals surface area contributed by atoms with Gasteiger partial charge in [-0.15, -0.1) is 0 Å². The highest BCUT2D eigenvalue weighted by Crippen LogP contribution is 2.37. The number of fused-ring (bicyclic) bond motifs is 1. The van der Waals surface area contributed by atoms with Crippen LogP contribution in [-0.2, 0) is 11.2 Å². The predicted octanol–water partition coefficient (Wildman–Crippen LogP) is 3.44. The number of amides is 1. The number of para-hydroxylation sites is 1. The fraction of sp³-hybridized carbons (Fsp3) is 0.588. The van der Waals surface area contributed by atoms with E-state index < -0.39 is 5.60 Å². The first kappa shape index (κ1) is 15.8. The molecule has 116 valence electrons. The number of anilines is 1. The molecule has 2 rings (SSSR count). The van der Waals surface area contributed by atoms with E-state index >= 15 is 0 Å². The third-order valence-electron chi connectivity index (χ3n) is 3.77. The molecule has 0 radical (unpaired) electrons. The molecule has 4 heteroatoms. The Morgan fingerprint density at radius 2 is 2.14 bits per heavy atom. The summed E-state index contributed by atoms with van der Waals surface area (Å²) in [6, 6.07) is 6.26. The number of carbonyl (C=O) groups excluding carboxylic acids is 1. The van der Waals surface area contributed by atoms with E-state index in [0.717, 1.165) is 18.5 Å². The minimum Gasteiger partial charge on any atom is -0.443 e. The summed E-state index contributed by atoms with van der Waals surface area (Å²) >= 11 is 0. The number of nitrogens with two attached hydrogens (primary N) is 1. The van der Waals surface area contributed by atoms with Gasteiger partial charge in [0.1, 0.15) is 5.60 Å². The second-order valence-corrected chi connectivity index (χ2v) is 6.72. The molecular formula is C17H26N2O2. The van der Waals surface area contributed by atoms with Gasteiger partial charge in [-0.05, 0) is 57.2 Å². The Labute approximate surface area is 127 Å². The Morgan fingerprint density at radius 1 is 1.43 bits per heavy atom. The molecule has 1 aromatic carbocycles. The lowest BCUT2D eigenvalue weighted by atomic mass is 9.94. The highest BCUT2D eigenvalue weighted by Gasteiger charge is 2.31. The summed E-state index contributed by atoms with van der Waals surface area (Å²) in [6.07, 6.45) is 1.55. The summed E-state index contributed by atoms with van der Waals surface area (Å²) in [6.45, 7) is 9.18. The van der Waals surface area contributed by atoms with E-state index in [2.05, 4.69) is 25.1 Å². The Hall–Kier alpha value is -1.55. The summed E-state index contributed by atoms with van der Waals surface area (Å²) < 4.78 is 5.54. The van der Waals surface area contributed by atoms with Crippen molar-refractivity contribution in [2.45, 2.75) is 52.1 Å². The quantitative estimate of drug-likeness (QED) is 0.927. The molecule has 0 spiro atoms. The summed E-state index contributed by atoms with van der Waals surface area (Å²) in [7, 11) is 0. The fourth-order valence-electron chi connectivity index (χ4n) is 2.79. The monoisotopic (exact) mass is 290 g/mol. The summed E-state index contributed by atoms with van der Waals surface area (Å²) in [4.78, 5) is 14.2. The lowest BCUT2D eigenvalue weighted by Gasteiger charge is -2.27. The van der Waals surface area contributed by atoms with Crippen molar-refractivity contribution in [1.29, 1.82) is 0 Å². The van der Waals surface area contributed by atoms with Gasteiger partial charge in [-0.3, -0.25) is 4.90 Å². The van der Waals surface area contributed by atoms with E-state index in [1.807, 2.05) is 20.8 Å². The molecule has 0 fully saturated rings. The van der Waals surface area contributed by atoms with Crippen molar-refractivity contribution >= 4 is 11.8 Å². The molecule has 1 atom stereocenters. The third kappa shape index (κ3) is 3.56. The predicted molar refractivity (Wildman–Crippen MR) is 85.8 cm³/mol. The van der Waals surface area contributed by atoms with Gasteiger partial charge in [-0.2, -0.15) is 0 Å². The zero-order chi connectivity index (χ0) is 15.6. The van der Waals surface area contributed by atoms with Gasteiger partial charge in [-0.1, -0.05) is 25.1 Å². The van der Waals surface area contributed by atoms with Crippen molar-refractivity contribution in [1.82, 2.24) is 0 Å². The molecule has 1 aromatic rings. The number of benzene rings is 1. The van der Waals surface area contributed by atoms with Gasteiger partial charge >= 0.3 is 6.09 Å². The van der Waals surface area contributed by atoms with Crippen molar-refractivity contribution in [3.05, 3.63) is 29.3 Å². The molecule has 0 saturated carbocycles. The van der Waals surface area contributed by atoms with Crippen LogP contribution < -0.4 is 10.6 Å². The minimum atomic E-state index is -0.475. The molecule has 0 saturated heterocycles. The molecule has 2 N–H and O–H groups in total. The summed E-state index contributed by atoms with van der Waals surface area (Å²) in [5.74, 6) is 0.341. The first-order valence-corrected chi connectivity index (χ1v) is 7.66. The Morgan fingerprint density at radius 3 is 2.76 bits per heavy atom. The van der Waals surface area contributed by atoms with Crippen molar-refractivity contribution in [2.75, 3.05) is 18.0 Å². The lowest BCUT2D eigenvalue weighted by Crippen LogP contribution is -2.36. The maximum absolute atomic E-state index is 12.4. The topological polar surface area (TPSA) is 55.6 Å². The van der Waals surface area contributed by atoms with Gasteiger partial charge in [0, 0.05) is 6.54 Å². The van der Waals surface area contributed by atoms with Crippen molar-refractivity contribution in [3.63, 3.8) is 0 Å². The standard InChI is InChI=1S/C17H26N2O2/c1-12(8-10-18)14-7-5-6-13-9-11-19(15(13)14)16(20)21-17(2,3)4/h5-7,12H,8-11,18H2,1-4H3. The maximum Gasteiger partial charge on any atom is 0.414 e. The molecular weight excluding hydrogens is 264 g/mol. The second kappa shape index (κ2) is 6.06. The minimum absolute atomic E-state index is 0.256. The van der Waals surface area contributed by atoms with Gasteiger partial charge in [0.2, 0.25) is 0 Å². The van der Waals surface area contributed by atoms with E-state index in [4.69, 9.17) is 10.5 Å². The number of hydrogen-bond donors (Lipinski definition) is 1. The molecule has 21 heavy (non-hydrogen) atoms. The van der Waals surface area contributed by atoms with Crippen LogP contribution in [-0.4, -0.2) is 24.8 Å². The molecule has 0 aliphatic carbocycles. The van der Waals surface area contributed by atoms with E-state index in [-0.39, 0.29) is 6.09 Å². The molecule has 0 aromatic heterocycles. The molecule has 1 amide bonds. The van der Waals surface area contributed by atoms with Crippen LogP contribution in [0.4, 0.5) is 10.5 Å². The lowest BCUT2D eigenvalue weighted by molar-refractivity contribution is 0.0583. The fourth-order valence-corrected chi connectivity index (χ4v) is 2.79. The van der Waals surface area contributed by atoms with Crippen molar-refractivity contribution in [2.24, 2.45) is 5.73 Å². The molecule has 0 bridgehead atoms. The van der Waals surface area contributed by atoms with Crippen LogP contribution in [0.1, 0.15) is 51.2 Å². The second-order valence-electron chi connectivity index (χ2n) is 6.72. The smallest absolute Gasteiger partial charge is 0.414 e. The van der Waals surface area contributed by atoms with Gasteiger partial charge in [0.25, 0.3) is 0 Å². The normalized spacial score (nSPS) is 15.8. The van der Waals surface area contributed by atoms with Gasteiger partial charge < -0.3 is 10.5 Å². The highest BCUT2D eigenvalue weighted by molar-refractivity contribution is 5.92. The summed E-state index contributed by atoms with van der Waals surface area (Å²) in [5.41, 5.74) is 8.66. The van der Waals surface area contributed by atoms with Crippen LogP contribution in [0.3, 0.4) is 0 Å². The Bertz CT molecular complexity index is 520. The third-order valence-corrected chi connectivity index (χ3v) is 3.77. The molecule has 1 aliphatic rings. The van der Waals surface area contributed by atoms with Gasteiger partial charge in [0.05, 0.1) is 5.69 Å². The number of hydrogen-bond acceptors (Lipinski definition) is 3. The number of rotatable bonds is 3. The summed E-state index contributed by atoms with van der Waals surface area (Å²) in [5, 5.41) is 0. The zero-order valence-corrected chi connectivity index (χ0v) is 13.5. The van der Waals surface area contributed by atoms with E-state index in [1.165, 1.54) is 11.1 Å². The average Bonchev–Trinajstić information content (AvgIpc) is 2.80. The van der Waals surface area contributed by atoms with Crippen LogP contribution in [0.15, 0.2) is 18.2 Å². The SMILES string of the molecule is CC(CCN)c1cccc2c1N(C(=O)OC(C)(C)C)CC2. The Kier molecular flexibility index (Phi) is 4.57. The first-order valence-electron chi connectivity index (χ1n) is 7.66. The first-order chi connectivity index (χ1) is 9.83. The zero-order valence-electron chi connectivity index (χ0n) is 13.5. The molecule has 1 heterocycles. The van der Waals surface area contributed by atoms with Crippen molar-refractivity contribution in [3.8, 4) is 0 Å². The van der Waals surface area contributed by atoms with Gasteiger partial charge in [-0.25, -0.2) is 4.79 Å². The average molecular weight is 290 g/mol. The van der Waals surface area contributed by atoms with Gasteiger partial charge in [0.15, 0.2) is 0 Å². The molecule has 1 unspecified atom stereocenters. The van der Waals surface area contributed by atoms with Crippen LogP contribution in [0.5, 0.6) is 0 Å². The van der Waals surface area contributed by atoms with E-state index in [9.17, 15) is 4.79 Å². The number of nitrogens with zero attached hydrogens (tertiary/aromatic N) is 1. The van der Waals surface area contributed by atoms with Crippen LogP contribution in [0.25, 0.3) is 0 Å². The van der Waals surface area contributed by atoms with Crippen molar-refractivity contribution < 1.29 is 9.53 Å².